The number of carbonyl (C=O) groups is 2. The van der Waals surface area contributed by atoms with Crippen molar-refractivity contribution in [2.24, 2.45) is 0 Å². The van der Waals surface area contributed by atoms with Crippen LogP contribution in [0.5, 0.6) is 0 Å². The maximum absolute atomic E-state index is 14.0. The Hall–Kier alpha value is -3.00. The number of anilines is 2. The molecule has 28 heavy (non-hydrogen) atoms. The molecule has 0 spiro atoms. The fraction of sp³-hybridized carbons (Fsp3) is 0.250. The summed E-state index contributed by atoms with van der Waals surface area (Å²) < 4.78 is 14.8. The number of halogens is 1. The number of nitrogens with one attached hydrogen (secondary N) is 1. The van der Waals surface area contributed by atoms with Crippen molar-refractivity contribution in [1.29, 1.82) is 0 Å². The summed E-state index contributed by atoms with van der Waals surface area (Å²) in [6.45, 7) is 3.67. The maximum Gasteiger partial charge on any atom is 0.254 e. The highest BCUT2D eigenvalue weighted by molar-refractivity contribution is 7.22. The summed E-state index contributed by atoms with van der Waals surface area (Å²) in [6, 6.07) is 12.1. The quantitative estimate of drug-likeness (QED) is 0.735. The van der Waals surface area contributed by atoms with Crippen LogP contribution in [-0.2, 0) is 4.79 Å². The second kappa shape index (κ2) is 7.55. The van der Waals surface area contributed by atoms with E-state index < -0.39 is 0 Å². The molecule has 1 aliphatic rings. The Morgan fingerprint density at radius 3 is 2.57 bits per heavy atom. The zero-order valence-electron chi connectivity index (χ0n) is 15.3. The Bertz CT molecular complexity index is 1040. The number of benzene rings is 2. The zero-order valence-corrected chi connectivity index (χ0v) is 16.1. The van der Waals surface area contributed by atoms with E-state index in [1.54, 1.807) is 29.2 Å². The standard InChI is InChI=1S/C20H19FN4O2S/c1-13(26)22-20-23-16-7-6-14(12-18(16)28-20)19(27)25-10-8-24(9-11-25)17-5-3-2-4-15(17)21/h2-7,12H,8-11H2,1H3,(H,22,23,26). The van der Waals surface area contributed by atoms with Crippen LogP contribution in [0.2, 0.25) is 0 Å². The molecule has 6 nitrogen and oxygen atoms in total. The third-order valence-corrected chi connectivity index (χ3v) is 5.61. The van der Waals surface area contributed by atoms with Gasteiger partial charge in [0, 0.05) is 38.7 Å². The van der Waals surface area contributed by atoms with E-state index in [0.717, 1.165) is 10.2 Å². The Morgan fingerprint density at radius 2 is 1.86 bits per heavy atom. The number of aromatic nitrogens is 1. The van der Waals surface area contributed by atoms with E-state index in [-0.39, 0.29) is 17.6 Å². The van der Waals surface area contributed by atoms with Gasteiger partial charge in [0.15, 0.2) is 5.13 Å². The average molecular weight is 398 g/mol. The normalized spacial score (nSPS) is 14.4. The predicted octanol–water partition coefficient (Wildman–Crippen LogP) is 3.36. The Labute approximate surface area is 165 Å². The van der Waals surface area contributed by atoms with Gasteiger partial charge in [-0.3, -0.25) is 9.59 Å². The van der Waals surface area contributed by atoms with E-state index in [1.807, 2.05) is 17.0 Å². The van der Waals surface area contributed by atoms with Crippen LogP contribution in [0, 0.1) is 5.82 Å². The average Bonchev–Trinajstić information content (AvgIpc) is 3.08. The predicted molar refractivity (Wildman–Crippen MR) is 108 cm³/mol. The van der Waals surface area contributed by atoms with E-state index in [9.17, 15) is 14.0 Å². The number of fused-ring (bicyclic) bond motifs is 1. The minimum absolute atomic E-state index is 0.0513. The van der Waals surface area contributed by atoms with Crippen LogP contribution < -0.4 is 10.2 Å². The lowest BCUT2D eigenvalue weighted by Gasteiger charge is -2.36. The highest BCUT2D eigenvalue weighted by Gasteiger charge is 2.24. The lowest BCUT2D eigenvalue weighted by Crippen LogP contribution is -2.49. The van der Waals surface area contributed by atoms with Crippen LogP contribution >= 0.6 is 11.3 Å². The van der Waals surface area contributed by atoms with Crippen molar-refractivity contribution in [1.82, 2.24) is 9.88 Å². The number of rotatable bonds is 3. The smallest absolute Gasteiger partial charge is 0.254 e. The third-order valence-electron chi connectivity index (χ3n) is 4.68. The van der Waals surface area contributed by atoms with Gasteiger partial charge in [0.25, 0.3) is 5.91 Å². The molecule has 0 saturated carbocycles. The molecule has 0 radical (unpaired) electrons. The van der Waals surface area contributed by atoms with Gasteiger partial charge in [-0.2, -0.15) is 0 Å². The summed E-state index contributed by atoms with van der Waals surface area (Å²) in [5.41, 5.74) is 1.91. The van der Waals surface area contributed by atoms with Gasteiger partial charge in [-0.1, -0.05) is 23.5 Å². The number of amides is 2. The lowest BCUT2D eigenvalue weighted by molar-refractivity contribution is -0.114. The molecule has 2 amide bonds. The van der Waals surface area contributed by atoms with Crippen molar-refractivity contribution >= 4 is 44.2 Å². The lowest BCUT2D eigenvalue weighted by atomic mass is 10.1. The summed E-state index contributed by atoms with van der Waals surface area (Å²) in [5, 5.41) is 3.19. The highest BCUT2D eigenvalue weighted by atomic mass is 32.1. The van der Waals surface area contributed by atoms with E-state index in [0.29, 0.717) is 42.6 Å². The molecule has 8 heteroatoms. The molecule has 0 unspecified atom stereocenters. The van der Waals surface area contributed by atoms with E-state index in [4.69, 9.17) is 0 Å². The van der Waals surface area contributed by atoms with Gasteiger partial charge in [-0.25, -0.2) is 9.37 Å². The SMILES string of the molecule is CC(=O)Nc1nc2ccc(C(=O)N3CCN(c4ccccc4F)CC3)cc2s1. The fourth-order valence-electron chi connectivity index (χ4n) is 3.30. The van der Waals surface area contributed by atoms with Gasteiger partial charge >= 0.3 is 0 Å². The molecule has 1 aliphatic heterocycles. The molecule has 4 rings (SSSR count). The molecule has 1 aromatic heterocycles. The number of hydrogen-bond acceptors (Lipinski definition) is 5. The third kappa shape index (κ3) is 3.68. The molecule has 1 N–H and O–H groups in total. The minimum atomic E-state index is -0.243. The van der Waals surface area contributed by atoms with Crippen molar-refractivity contribution in [3.05, 3.63) is 53.8 Å². The van der Waals surface area contributed by atoms with Gasteiger partial charge in [-0.05, 0) is 30.3 Å². The number of hydrogen-bond donors (Lipinski definition) is 1. The first kappa shape index (κ1) is 18.4. The molecule has 144 valence electrons. The molecule has 1 fully saturated rings. The Kier molecular flexibility index (Phi) is 4.95. The number of carbonyl (C=O) groups excluding carboxylic acids is 2. The number of piperazine rings is 1. The Balaban J connectivity index is 1.46. The number of thiazole rings is 1. The van der Waals surface area contributed by atoms with Crippen LogP contribution in [-0.4, -0.2) is 47.9 Å². The van der Waals surface area contributed by atoms with E-state index in [1.165, 1.54) is 24.3 Å². The number of para-hydroxylation sites is 1. The fourth-order valence-corrected chi connectivity index (χ4v) is 4.25. The van der Waals surface area contributed by atoms with Crippen molar-refractivity contribution in [3.63, 3.8) is 0 Å². The minimum Gasteiger partial charge on any atom is -0.366 e. The van der Waals surface area contributed by atoms with E-state index >= 15 is 0 Å². The highest BCUT2D eigenvalue weighted by Crippen LogP contribution is 2.27. The Morgan fingerprint density at radius 1 is 1.11 bits per heavy atom. The molecule has 0 atom stereocenters. The summed E-state index contributed by atoms with van der Waals surface area (Å²) >= 11 is 1.34. The van der Waals surface area contributed by atoms with Crippen LogP contribution in [0.4, 0.5) is 15.2 Å². The largest absolute Gasteiger partial charge is 0.366 e. The van der Waals surface area contributed by atoms with Crippen LogP contribution in [0.25, 0.3) is 10.2 Å². The van der Waals surface area contributed by atoms with Crippen LogP contribution in [0.1, 0.15) is 17.3 Å². The second-order valence-electron chi connectivity index (χ2n) is 6.61. The maximum atomic E-state index is 14.0. The molecule has 0 aliphatic carbocycles. The number of nitrogens with zero attached hydrogens (tertiary/aromatic N) is 3. The first-order valence-corrected chi connectivity index (χ1v) is 9.80. The molecule has 2 heterocycles. The monoisotopic (exact) mass is 398 g/mol. The molecule has 3 aromatic rings. The van der Waals surface area contributed by atoms with Crippen molar-refractivity contribution in [3.8, 4) is 0 Å². The molecule has 0 bridgehead atoms. The van der Waals surface area contributed by atoms with Gasteiger partial charge in [-0.15, -0.1) is 0 Å². The first-order valence-electron chi connectivity index (χ1n) is 8.98. The summed E-state index contributed by atoms with van der Waals surface area (Å²) in [6.07, 6.45) is 0. The van der Waals surface area contributed by atoms with E-state index in [2.05, 4.69) is 10.3 Å². The van der Waals surface area contributed by atoms with Crippen molar-refractivity contribution in [2.45, 2.75) is 6.92 Å². The summed E-state index contributed by atoms with van der Waals surface area (Å²) in [4.78, 5) is 32.2. The molecular weight excluding hydrogens is 379 g/mol. The topological polar surface area (TPSA) is 65.5 Å². The van der Waals surface area contributed by atoms with Crippen LogP contribution in [0.15, 0.2) is 42.5 Å². The molecule has 2 aromatic carbocycles. The van der Waals surface area contributed by atoms with Crippen LogP contribution in [0.3, 0.4) is 0 Å². The molecule has 1 saturated heterocycles. The van der Waals surface area contributed by atoms with Crippen molar-refractivity contribution in [2.75, 3.05) is 36.4 Å². The zero-order chi connectivity index (χ0) is 19.7. The first-order chi connectivity index (χ1) is 13.5. The van der Waals surface area contributed by atoms with Gasteiger partial charge in [0.1, 0.15) is 5.82 Å². The van der Waals surface area contributed by atoms with Gasteiger partial charge < -0.3 is 15.1 Å². The molecular formula is C20H19FN4O2S. The van der Waals surface area contributed by atoms with Gasteiger partial charge in [0.2, 0.25) is 5.91 Å². The second-order valence-corrected chi connectivity index (χ2v) is 7.64. The van der Waals surface area contributed by atoms with Gasteiger partial charge in [0.05, 0.1) is 15.9 Å². The summed E-state index contributed by atoms with van der Waals surface area (Å²) in [5.74, 6) is -0.472. The van der Waals surface area contributed by atoms with Crippen molar-refractivity contribution < 1.29 is 14.0 Å². The summed E-state index contributed by atoms with van der Waals surface area (Å²) in [7, 11) is 0.